The summed E-state index contributed by atoms with van der Waals surface area (Å²) in [5.41, 5.74) is 0. The Morgan fingerprint density at radius 2 is 2.00 bits per heavy atom. The van der Waals surface area contributed by atoms with Gasteiger partial charge in [-0.2, -0.15) is 22.7 Å². The molecule has 0 radical (unpaired) electrons. The summed E-state index contributed by atoms with van der Waals surface area (Å²) in [6, 6.07) is 4.56. The van der Waals surface area contributed by atoms with Crippen molar-refractivity contribution in [3.63, 3.8) is 0 Å². The van der Waals surface area contributed by atoms with Gasteiger partial charge >= 0.3 is 6.18 Å². The molecule has 0 bridgehead atoms. The maximum atomic E-state index is 12.8. The van der Waals surface area contributed by atoms with Crippen molar-refractivity contribution < 1.29 is 17.6 Å². The lowest BCUT2D eigenvalue weighted by Gasteiger charge is -2.10. The first-order valence-corrected chi connectivity index (χ1v) is 6.32. The fraction of sp³-hybridized carbons (Fsp3) is 0.364. The van der Waals surface area contributed by atoms with Gasteiger partial charge in [0.2, 0.25) is 0 Å². The molecule has 2 aromatic heterocycles. The summed E-state index contributed by atoms with van der Waals surface area (Å²) in [6.45, 7) is 0.115. The standard InChI is InChI=1S/C11H11F4N3S.ClH/c12-9-2-1-8(19-9)7-16-10-3-5-17-18(10)6-4-11(13,14)15;/h1-3,5,16H,4,6-7H2;1H. The largest absolute Gasteiger partial charge is 0.390 e. The predicted molar refractivity (Wildman–Crippen MR) is 71.8 cm³/mol. The van der Waals surface area contributed by atoms with E-state index in [2.05, 4.69) is 10.4 Å². The predicted octanol–water partition coefficient (Wildman–Crippen LogP) is 4.07. The summed E-state index contributed by atoms with van der Waals surface area (Å²) in [6.07, 6.45) is -3.72. The molecule has 0 aromatic carbocycles. The zero-order valence-electron chi connectivity index (χ0n) is 10.2. The molecule has 2 heterocycles. The highest BCUT2D eigenvalue weighted by molar-refractivity contribution is 7.10. The minimum Gasteiger partial charge on any atom is -0.365 e. The Labute approximate surface area is 123 Å². The number of nitrogens with zero attached hydrogens (tertiary/aromatic N) is 2. The molecule has 0 saturated heterocycles. The number of anilines is 1. The number of hydrogen-bond donors (Lipinski definition) is 1. The highest BCUT2D eigenvalue weighted by Gasteiger charge is 2.27. The van der Waals surface area contributed by atoms with Crippen molar-refractivity contribution in [3.8, 4) is 0 Å². The van der Waals surface area contributed by atoms with Crippen LogP contribution in [0.25, 0.3) is 0 Å². The van der Waals surface area contributed by atoms with E-state index in [0.717, 1.165) is 16.2 Å². The third-order valence-electron chi connectivity index (χ3n) is 2.40. The first kappa shape index (κ1) is 16.8. The molecule has 2 rings (SSSR count). The molecule has 0 aliphatic heterocycles. The summed E-state index contributed by atoms with van der Waals surface area (Å²) >= 11 is 0.994. The second-order valence-electron chi connectivity index (χ2n) is 3.86. The van der Waals surface area contributed by atoms with Crippen molar-refractivity contribution in [2.75, 3.05) is 5.32 Å². The zero-order valence-corrected chi connectivity index (χ0v) is 11.8. The highest BCUT2D eigenvalue weighted by atomic mass is 35.5. The Bertz CT molecular complexity index is 538. The van der Waals surface area contributed by atoms with Gasteiger partial charge in [0.1, 0.15) is 5.82 Å². The van der Waals surface area contributed by atoms with Crippen LogP contribution in [0.4, 0.5) is 23.4 Å². The molecular formula is C11H12ClF4N3S. The lowest BCUT2D eigenvalue weighted by Crippen LogP contribution is -2.15. The van der Waals surface area contributed by atoms with Gasteiger partial charge in [-0.15, -0.1) is 23.7 Å². The second kappa shape index (κ2) is 6.94. The summed E-state index contributed by atoms with van der Waals surface area (Å²) < 4.78 is 50.4. The molecule has 2 aromatic rings. The van der Waals surface area contributed by atoms with E-state index in [9.17, 15) is 17.6 Å². The lowest BCUT2D eigenvalue weighted by molar-refractivity contribution is -0.137. The molecule has 1 N–H and O–H groups in total. The van der Waals surface area contributed by atoms with E-state index < -0.39 is 12.6 Å². The van der Waals surface area contributed by atoms with Gasteiger partial charge in [0.15, 0.2) is 5.13 Å². The van der Waals surface area contributed by atoms with E-state index >= 15 is 0 Å². The van der Waals surface area contributed by atoms with Crippen LogP contribution in [0.2, 0.25) is 0 Å². The second-order valence-corrected chi connectivity index (χ2v) is 4.98. The van der Waals surface area contributed by atoms with Gasteiger partial charge in [-0.05, 0) is 12.1 Å². The molecule has 0 unspecified atom stereocenters. The number of rotatable bonds is 5. The molecule has 0 aliphatic rings. The fourth-order valence-corrected chi connectivity index (χ4v) is 2.19. The smallest absolute Gasteiger partial charge is 0.365 e. The van der Waals surface area contributed by atoms with Gasteiger partial charge in [0.05, 0.1) is 25.7 Å². The first-order valence-electron chi connectivity index (χ1n) is 5.51. The van der Waals surface area contributed by atoms with Crippen LogP contribution in [-0.2, 0) is 13.1 Å². The molecule has 0 saturated carbocycles. The Hall–Kier alpha value is -1.28. The number of aryl methyl sites for hydroxylation is 1. The molecule has 20 heavy (non-hydrogen) atoms. The van der Waals surface area contributed by atoms with E-state index in [4.69, 9.17) is 0 Å². The zero-order chi connectivity index (χ0) is 13.9. The minimum atomic E-state index is -4.21. The maximum absolute atomic E-state index is 12.8. The Balaban J connectivity index is 0.00000200. The Morgan fingerprint density at radius 1 is 1.25 bits per heavy atom. The van der Waals surface area contributed by atoms with E-state index in [0.29, 0.717) is 12.4 Å². The van der Waals surface area contributed by atoms with E-state index in [1.165, 1.54) is 16.9 Å². The van der Waals surface area contributed by atoms with E-state index in [1.54, 1.807) is 12.1 Å². The number of alkyl halides is 3. The monoisotopic (exact) mass is 329 g/mol. The summed E-state index contributed by atoms with van der Waals surface area (Å²) in [7, 11) is 0. The molecule has 9 heteroatoms. The molecule has 0 amide bonds. The van der Waals surface area contributed by atoms with Crippen LogP contribution in [0.1, 0.15) is 11.3 Å². The average Bonchev–Trinajstić information content (AvgIpc) is 2.91. The van der Waals surface area contributed by atoms with Crippen LogP contribution in [0, 0.1) is 5.13 Å². The molecule has 3 nitrogen and oxygen atoms in total. The van der Waals surface area contributed by atoms with Crippen LogP contribution < -0.4 is 5.32 Å². The summed E-state index contributed by atoms with van der Waals surface area (Å²) in [5, 5.41) is 6.47. The van der Waals surface area contributed by atoms with Crippen LogP contribution in [0.5, 0.6) is 0 Å². The third kappa shape index (κ3) is 5.01. The average molecular weight is 330 g/mol. The highest BCUT2D eigenvalue weighted by Crippen LogP contribution is 2.22. The number of halogens is 5. The number of aromatic nitrogens is 2. The van der Waals surface area contributed by atoms with Gasteiger partial charge in [-0.3, -0.25) is 0 Å². The Morgan fingerprint density at radius 3 is 2.60 bits per heavy atom. The molecule has 0 fully saturated rings. The fourth-order valence-electron chi connectivity index (χ4n) is 1.52. The third-order valence-corrected chi connectivity index (χ3v) is 3.27. The van der Waals surface area contributed by atoms with Crippen LogP contribution in [0.3, 0.4) is 0 Å². The van der Waals surface area contributed by atoms with Crippen molar-refractivity contribution >= 4 is 29.6 Å². The van der Waals surface area contributed by atoms with Crippen molar-refractivity contribution in [1.29, 1.82) is 0 Å². The number of thiophene rings is 1. The normalized spacial score (nSPS) is 11.2. The van der Waals surface area contributed by atoms with Crippen LogP contribution >= 0.6 is 23.7 Å². The van der Waals surface area contributed by atoms with Crippen molar-refractivity contribution in [2.45, 2.75) is 25.7 Å². The van der Waals surface area contributed by atoms with Crippen molar-refractivity contribution in [2.24, 2.45) is 0 Å². The van der Waals surface area contributed by atoms with Gasteiger partial charge in [0, 0.05) is 10.9 Å². The van der Waals surface area contributed by atoms with Gasteiger partial charge in [-0.25, -0.2) is 4.68 Å². The quantitative estimate of drug-likeness (QED) is 0.838. The SMILES string of the molecule is Cl.Fc1ccc(CNc2ccnn2CCC(F)(F)F)s1. The van der Waals surface area contributed by atoms with E-state index in [-0.39, 0.29) is 24.1 Å². The van der Waals surface area contributed by atoms with Crippen LogP contribution in [0.15, 0.2) is 24.4 Å². The molecule has 0 atom stereocenters. The molecule has 0 aliphatic carbocycles. The van der Waals surface area contributed by atoms with Crippen LogP contribution in [-0.4, -0.2) is 16.0 Å². The molecule has 112 valence electrons. The number of hydrogen-bond acceptors (Lipinski definition) is 3. The van der Waals surface area contributed by atoms with Crippen molar-refractivity contribution in [3.05, 3.63) is 34.4 Å². The Kier molecular flexibility index (Phi) is 5.82. The minimum absolute atomic E-state index is 0. The lowest BCUT2D eigenvalue weighted by atomic mass is 10.4. The summed E-state index contributed by atoms with van der Waals surface area (Å²) in [5.74, 6) is 0.484. The van der Waals surface area contributed by atoms with E-state index in [1.807, 2.05) is 0 Å². The van der Waals surface area contributed by atoms with Crippen molar-refractivity contribution in [1.82, 2.24) is 9.78 Å². The van der Waals surface area contributed by atoms with Gasteiger partial charge in [-0.1, -0.05) is 0 Å². The maximum Gasteiger partial charge on any atom is 0.390 e. The first-order chi connectivity index (χ1) is 8.94. The summed E-state index contributed by atoms with van der Waals surface area (Å²) in [4.78, 5) is 0.765. The van der Waals surface area contributed by atoms with Gasteiger partial charge in [0.25, 0.3) is 0 Å². The number of nitrogens with one attached hydrogen (secondary N) is 1. The molecular weight excluding hydrogens is 318 g/mol. The van der Waals surface area contributed by atoms with Gasteiger partial charge < -0.3 is 5.32 Å². The topological polar surface area (TPSA) is 29.9 Å². The molecule has 0 spiro atoms.